The molecule has 0 fully saturated rings. The van der Waals surface area contributed by atoms with E-state index in [9.17, 15) is 4.79 Å². The van der Waals surface area contributed by atoms with Crippen LogP contribution in [0.5, 0.6) is 0 Å². The minimum atomic E-state index is -0.268. The maximum atomic E-state index is 11.2. The molecule has 0 atom stereocenters. The summed E-state index contributed by atoms with van der Waals surface area (Å²) in [4.78, 5) is 22.0. The molecule has 8 heteroatoms. The maximum Gasteiger partial charge on any atom is 0.253 e. The second-order valence-electron chi connectivity index (χ2n) is 3.42. The van der Waals surface area contributed by atoms with E-state index in [1.165, 1.54) is 17.8 Å². The molecule has 0 aliphatic heterocycles. The van der Waals surface area contributed by atoms with Gasteiger partial charge >= 0.3 is 0 Å². The Labute approximate surface area is 107 Å². The van der Waals surface area contributed by atoms with E-state index >= 15 is 0 Å². The predicted octanol–water partition coefficient (Wildman–Crippen LogP) is 0.325. The lowest BCUT2D eigenvalue weighted by Crippen LogP contribution is -2.10. The van der Waals surface area contributed by atoms with Crippen LogP contribution in [0, 0.1) is 0 Å². The largest absolute Gasteiger partial charge is 0.383 e. The number of nitrogen functional groups attached to an aromatic ring is 2. The highest BCUT2D eigenvalue weighted by Crippen LogP contribution is 2.18. The first-order valence-corrected chi connectivity index (χ1v) is 6.08. The molecule has 2 rings (SSSR count). The number of rotatable bonds is 4. The first-order valence-electron chi connectivity index (χ1n) is 5.09. The third-order valence-electron chi connectivity index (χ3n) is 2.05. The molecule has 0 saturated heterocycles. The molecule has 2 aromatic rings. The summed E-state index contributed by atoms with van der Waals surface area (Å²) in [5.74, 6) is 6.61. The van der Waals surface area contributed by atoms with Gasteiger partial charge in [0.05, 0.1) is 5.69 Å². The Balaban J connectivity index is 2.08. The van der Waals surface area contributed by atoms with Crippen molar-refractivity contribution in [3.63, 3.8) is 0 Å². The van der Waals surface area contributed by atoms with E-state index in [2.05, 4.69) is 20.4 Å². The van der Waals surface area contributed by atoms with Crippen LogP contribution in [0.15, 0.2) is 34.2 Å². The van der Waals surface area contributed by atoms with Gasteiger partial charge in [-0.15, -0.1) is 0 Å². The monoisotopic (exact) mass is 264 g/mol. The Morgan fingerprint density at radius 2 is 2.22 bits per heavy atom. The third-order valence-corrected chi connectivity index (χ3v) is 2.96. The van der Waals surface area contributed by atoms with Gasteiger partial charge in [-0.05, 0) is 12.1 Å². The Morgan fingerprint density at radius 3 is 2.94 bits per heavy atom. The van der Waals surface area contributed by atoms with E-state index in [0.717, 1.165) is 5.69 Å². The van der Waals surface area contributed by atoms with Crippen LogP contribution in [0.4, 0.5) is 11.6 Å². The molecule has 94 valence electrons. The van der Waals surface area contributed by atoms with E-state index < -0.39 is 0 Å². The molecule has 6 N–H and O–H groups in total. The molecular weight excluding hydrogens is 252 g/mol. The summed E-state index contributed by atoms with van der Waals surface area (Å²) in [7, 11) is 0. The number of aromatic nitrogens is 3. The van der Waals surface area contributed by atoms with Crippen LogP contribution in [0.25, 0.3) is 0 Å². The van der Waals surface area contributed by atoms with Crippen LogP contribution in [-0.2, 0) is 5.75 Å². The highest BCUT2D eigenvalue weighted by Gasteiger charge is 2.02. The summed E-state index contributed by atoms with van der Waals surface area (Å²) in [6, 6.07) is 6.70. The second-order valence-corrected chi connectivity index (χ2v) is 4.39. The number of aromatic amines is 1. The number of hydrazine groups is 1. The molecule has 0 radical (unpaired) electrons. The van der Waals surface area contributed by atoms with Crippen LogP contribution in [0.3, 0.4) is 0 Å². The standard InChI is InChI=1S/C10H12N6OS/c11-7-4-9(17)15-10(14-7)18-5-6-2-1-3-8(13-6)16-12/h1-4H,5,12H2,(H,13,16)(H3,11,14,15,17). The van der Waals surface area contributed by atoms with Crippen molar-refractivity contribution < 1.29 is 0 Å². The smallest absolute Gasteiger partial charge is 0.253 e. The number of nitrogens with zero attached hydrogens (tertiary/aromatic N) is 2. The number of anilines is 2. The number of hydrogen-bond donors (Lipinski definition) is 4. The lowest BCUT2D eigenvalue weighted by molar-refractivity contribution is 0.943. The molecule has 0 bridgehead atoms. The second kappa shape index (κ2) is 5.52. The molecule has 2 aromatic heterocycles. The van der Waals surface area contributed by atoms with Gasteiger partial charge in [0.15, 0.2) is 5.16 Å². The molecule has 18 heavy (non-hydrogen) atoms. The number of H-pyrrole nitrogens is 1. The minimum Gasteiger partial charge on any atom is -0.383 e. The van der Waals surface area contributed by atoms with Crippen molar-refractivity contribution in [1.29, 1.82) is 0 Å². The Hall–Kier alpha value is -2.06. The highest BCUT2D eigenvalue weighted by atomic mass is 32.2. The van der Waals surface area contributed by atoms with Crippen molar-refractivity contribution in [2.24, 2.45) is 5.84 Å². The average Bonchev–Trinajstić information content (AvgIpc) is 2.35. The normalized spacial score (nSPS) is 10.3. The molecule has 0 aliphatic carbocycles. The number of nitrogens with two attached hydrogens (primary N) is 2. The fourth-order valence-electron chi connectivity index (χ4n) is 1.30. The molecule has 0 unspecified atom stereocenters. The zero-order chi connectivity index (χ0) is 13.0. The maximum absolute atomic E-state index is 11.2. The molecular formula is C10H12N6OS. The SMILES string of the molecule is NNc1cccc(CSc2nc(N)cc(=O)[nH]2)n1. The first-order chi connectivity index (χ1) is 8.67. The van der Waals surface area contributed by atoms with E-state index in [4.69, 9.17) is 11.6 Å². The van der Waals surface area contributed by atoms with Crippen molar-refractivity contribution in [2.45, 2.75) is 10.9 Å². The van der Waals surface area contributed by atoms with Gasteiger partial charge in [0.1, 0.15) is 11.6 Å². The van der Waals surface area contributed by atoms with Crippen molar-refractivity contribution in [2.75, 3.05) is 11.2 Å². The fraction of sp³-hybridized carbons (Fsp3) is 0.100. The van der Waals surface area contributed by atoms with Gasteiger partial charge in [-0.1, -0.05) is 17.8 Å². The molecule has 0 aliphatic rings. The fourth-order valence-corrected chi connectivity index (χ4v) is 2.09. The summed E-state index contributed by atoms with van der Waals surface area (Å²) in [5, 5.41) is 0.466. The molecule has 0 aromatic carbocycles. The number of nitrogens with one attached hydrogen (secondary N) is 2. The minimum absolute atomic E-state index is 0.201. The zero-order valence-corrected chi connectivity index (χ0v) is 10.2. The zero-order valence-electron chi connectivity index (χ0n) is 9.38. The summed E-state index contributed by atoms with van der Waals surface area (Å²) >= 11 is 1.34. The predicted molar refractivity (Wildman–Crippen MR) is 70.9 cm³/mol. The van der Waals surface area contributed by atoms with E-state index in [-0.39, 0.29) is 11.4 Å². The van der Waals surface area contributed by atoms with Crippen molar-refractivity contribution in [1.82, 2.24) is 15.0 Å². The molecule has 0 amide bonds. The van der Waals surface area contributed by atoms with Crippen LogP contribution in [0.2, 0.25) is 0 Å². The number of pyridine rings is 1. The van der Waals surface area contributed by atoms with Gasteiger partial charge in [-0.3, -0.25) is 4.79 Å². The average molecular weight is 264 g/mol. The third kappa shape index (κ3) is 3.22. The van der Waals surface area contributed by atoms with Crippen LogP contribution in [-0.4, -0.2) is 15.0 Å². The van der Waals surface area contributed by atoms with Gasteiger partial charge in [-0.2, -0.15) is 0 Å². The molecule has 0 spiro atoms. The van der Waals surface area contributed by atoms with Gasteiger partial charge in [0.25, 0.3) is 5.56 Å². The summed E-state index contributed by atoms with van der Waals surface area (Å²) in [6.07, 6.45) is 0. The first kappa shape index (κ1) is 12.4. The summed E-state index contributed by atoms with van der Waals surface area (Å²) < 4.78 is 0. The number of thioether (sulfide) groups is 1. The lowest BCUT2D eigenvalue weighted by atomic mass is 10.4. The molecule has 7 nitrogen and oxygen atoms in total. The highest BCUT2D eigenvalue weighted by molar-refractivity contribution is 7.98. The van der Waals surface area contributed by atoms with E-state index in [1.807, 2.05) is 12.1 Å². The van der Waals surface area contributed by atoms with Crippen LogP contribution >= 0.6 is 11.8 Å². The van der Waals surface area contributed by atoms with E-state index in [0.29, 0.717) is 16.7 Å². The summed E-state index contributed by atoms with van der Waals surface area (Å²) in [5.41, 5.74) is 8.51. The van der Waals surface area contributed by atoms with Gasteiger partial charge in [0, 0.05) is 11.8 Å². The van der Waals surface area contributed by atoms with Gasteiger partial charge in [-0.25, -0.2) is 15.8 Å². The topological polar surface area (TPSA) is 123 Å². The Morgan fingerprint density at radius 1 is 1.39 bits per heavy atom. The Kier molecular flexibility index (Phi) is 3.80. The van der Waals surface area contributed by atoms with Crippen molar-refractivity contribution in [3.05, 3.63) is 40.3 Å². The quantitative estimate of drug-likeness (QED) is 0.271. The molecule has 0 saturated carbocycles. The molecule has 2 heterocycles. The van der Waals surface area contributed by atoms with Crippen LogP contribution < -0.4 is 22.6 Å². The van der Waals surface area contributed by atoms with Gasteiger partial charge < -0.3 is 16.1 Å². The van der Waals surface area contributed by atoms with E-state index in [1.54, 1.807) is 6.07 Å². The van der Waals surface area contributed by atoms with Crippen molar-refractivity contribution >= 4 is 23.4 Å². The summed E-state index contributed by atoms with van der Waals surface area (Å²) in [6.45, 7) is 0. The van der Waals surface area contributed by atoms with Gasteiger partial charge in [0.2, 0.25) is 0 Å². The van der Waals surface area contributed by atoms with Crippen LogP contribution in [0.1, 0.15) is 5.69 Å². The van der Waals surface area contributed by atoms with Crippen molar-refractivity contribution in [3.8, 4) is 0 Å². The Bertz CT molecular complexity index is 599. The lowest BCUT2D eigenvalue weighted by Gasteiger charge is -2.03. The number of hydrogen-bond acceptors (Lipinski definition) is 7.